The molecular weight excluding hydrogens is 273 g/mol. The van der Waals surface area contributed by atoms with Crippen LogP contribution >= 0.6 is 70.0 Å². The van der Waals surface area contributed by atoms with Gasteiger partial charge >= 0.3 is 0 Å². The molecule has 1 heterocycles. The van der Waals surface area contributed by atoms with Gasteiger partial charge in [-0.15, -0.1) is 46.4 Å². The Bertz CT molecular complexity index is 161. The summed E-state index contributed by atoms with van der Waals surface area (Å²) in [6.45, 7) is 0. The van der Waals surface area contributed by atoms with Gasteiger partial charge in [-0.05, 0) is 12.0 Å². The van der Waals surface area contributed by atoms with Crippen LogP contribution in [0.3, 0.4) is 0 Å². The first-order valence-corrected chi connectivity index (χ1v) is 5.26. The number of hydrogen-bond acceptors (Lipinski definition) is 2. The number of alkyl halides is 4. The quantitative estimate of drug-likeness (QED) is 0.378. The van der Waals surface area contributed by atoms with Gasteiger partial charge in [-0.3, -0.25) is 0 Å². The molecule has 0 N–H and O–H groups in total. The van der Waals surface area contributed by atoms with Crippen molar-refractivity contribution in [1.82, 2.24) is 0 Å². The van der Waals surface area contributed by atoms with Crippen LogP contribution in [0, 0.1) is 5.56 Å². The third-order valence-electron chi connectivity index (χ3n) is 1.08. The lowest BCUT2D eigenvalue weighted by Crippen LogP contribution is -2.45. The molecule has 7 heteroatoms. The Morgan fingerprint density at radius 3 is 2.18 bits per heavy atom. The molecule has 0 aromatic rings. The molecule has 0 radical (unpaired) electrons. The number of hydrogen-bond donors (Lipinski definition) is 0. The van der Waals surface area contributed by atoms with E-state index < -0.39 is 8.67 Å². The van der Waals surface area contributed by atoms with E-state index in [1.54, 1.807) is 0 Å². The van der Waals surface area contributed by atoms with E-state index in [-0.39, 0.29) is 11.3 Å². The highest BCUT2D eigenvalue weighted by Gasteiger charge is 2.47. The number of halogens is 5. The molecule has 1 rings (SSSR count). The van der Waals surface area contributed by atoms with Crippen LogP contribution in [0.2, 0.25) is 0 Å². The van der Waals surface area contributed by atoms with Crippen LogP contribution in [0.25, 0.3) is 0 Å². The van der Waals surface area contributed by atoms with E-state index in [4.69, 9.17) is 62.2 Å². The fourth-order valence-corrected chi connectivity index (χ4v) is 2.39. The van der Waals surface area contributed by atoms with Crippen molar-refractivity contribution in [2.75, 3.05) is 5.75 Å². The van der Waals surface area contributed by atoms with Gasteiger partial charge in [0.25, 0.3) is 0 Å². The Hall–Kier alpha value is 1.76. The standard InChI is InChI=1S/C4H2Cl5OS/c5-2-4(8,9)3(6,7)1-11-10-2/h1H2/q-1. The largest absolute Gasteiger partial charge is 0.469 e. The summed E-state index contributed by atoms with van der Waals surface area (Å²) in [7, 11) is 0. The molecule has 66 valence electrons. The zero-order chi connectivity index (χ0) is 8.70. The van der Waals surface area contributed by atoms with E-state index >= 15 is 0 Å². The molecule has 0 aromatic carbocycles. The predicted octanol–water partition coefficient (Wildman–Crippen LogP) is 3.74. The summed E-state index contributed by atoms with van der Waals surface area (Å²) in [5.74, 6) is 0.263. The van der Waals surface area contributed by atoms with E-state index in [0.29, 0.717) is 0 Å². The fourth-order valence-electron chi connectivity index (χ4n) is 0.442. The average molecular weight is 275 g/mol. The first-order chi connectivity index (χ1) is 4.88. The molecule has 0 saturated carbocycles. The summed E-state index contributed by atoms with van der Waals surface area (Å²) in [5.41, 5.74) is -0.109. The maximum Gasteiger partial charge on any atom is 0.137 e. The molecular formula is C4H2Cl5OS-. The van der Waals surface area contributed by atoms with Gasteiger partial charge in [-0.25, -0.2) is 0 Å². The maximum absolute atomic E-state index is 5.75. The average Bonchev–Trinajstić information content (AvgIpc) is 1.84. The molecule has 0 aliphatic carbocycles. The second kappa shape index (κ2) is 3.49. The zero-order valence-corrected chi connectivity index (χ0v) is 9.51. The normalized spacial score (nSPS) is 30.3. The first kappa shape index (κ1) is 10.8. The minimum Gasteiger partial charge on any atom is -0.469 e. The Labute approximate surface area is 93.8 Å². The highest BCUT2D eigenvalue weighted by Crippen LogP contribution is 2.56. The summed E-state index contributed by atoms with van der Waals surface area (Å²) < 4.78 is 1.93. The fraction of sp³-hybridized carbons (Fsp3) is 0.750. The lowest BCUT2D eigenvalue weighted by atomic mass is 10.3. The van der Waals surface area contributed by atoms with Crippen molar-refractivity contribution in [3.63, 3.8) is 0 Å². The molecule has 0 unspecified atom stereocenters. The topological polar surface area (TPSA) is 9.23 Å². The molecule has 1 fully saturated rings. The van der Waals surface area contributed by atoms with Gasteiger partial charge in [-0.2, -0.15) is 0 Å². The third kappa shape index (κ3) is 1.98. The van der Waals surface area contributed by atoms with E-state index in [9.17, 15) is 0 Å². The first-order valence-electron chi connectivity index (χ1n) is 2.46. The zero-order valence-electron chi connectivity index (χ0n) is 4.91. The van der Waals surface area contributed by atoms with Gasteiger partial charge in [0.15, 0.2) is 0 Å². The van der Waals surface area contributed by atoms with E-state index in [1.165, 1.54) is 0 Å². The summed E-state index contributed by atoms with van der Waals surface area (Å²) in [5, 5.41) is 0. The van der Waals surface area contributed by atoms with Crippen LogP contribution in [-0.2, 0) is 4.18 Å². The highest BCUT2D eigenvalue weighted by atomic mass is 35.5. The summed E-state index contributed by atoms with van der Waals surface area (Å²) >= 11 is 29.5. The Morgan fingerprint density at radius 2 is 1.82 bits per heavy atom. The van der Waals surface area contributed by atoms with Crippen molar-refractivity contribution in [3.05, 3.63) is 5.56 Å². The molecule has 11 heavy (non-hydrogen) atoms. The smallest absolute Gasteiger partial charge is 0.137 e. The highest BCUT2D eigenvalue weighted by molar-refractivity contribution is 7.95. The Balaban J connectivity index is 2.82. The van der Waals surface area contributed by atoms with Crippen molar-refractivity contribution in [3.8, 4) is 0 Å². The lowest BCUT2D eigenvalue weighted by molar-refractivity contribution is 0.384. The van der Waals surface area contributed by atoms with Crippen LogP contribution in [0.4, 0.5) is 0 Å². The van der Waals surface area contributed by atoms with Crippen molar-refractivity contribution in [1.29, 1.82) is 0 Å². The monoisotopic (exact) mass is 273 g/mol. The molecule has 1 saturated heterocycles. The lowest BCUT2D eigenvalue weighted by Gasteiger charge is -2.48. The molecule has 0 spiro atoms. The van der Waals surface area contributed by atoms with Crippen molar-refractivity contribution >= 4 is 70.0 Å². The molecule has 0 atom stereocenters. The van der Waals surface area contributed by atoms with Crippen LogP contribution in [0.15, 0.2) is 0 Å². The van der Waals surface area contributed by atoms with Crippen LogP contribution in [-0.4, -0.2) is 14.4 Å². The summed E-state index contributed by atoms with van der Waals surface area (Å²) in [4.78, 5) is 0. The van der Waals surface area contributed by atoms with E-state index in [0.717, 1.165) is 12.0 Å². The van der Waals surface area contributed by atoms with Gasteiger partial charge in [0.2, 0.25) is 0 Å². The minimum absolute atomic E-state index is 0.109. The van der Waals surface area contributed by atoms with Crippen molar-refractivity contribution in [2.24, 2.45) is 0 Å². The number of rotatable bonds is 0. The second-order valence-electron chi connectivity index (χ2n) is 1.90. The third-order valence-corrected chi connectivity index (χ3v) is 5.09. The van der Waals surface area contributed by atoms with E-state index in [1.807, 2.05) is 0 Å². The van der Waals surface area contributed by atoms with Crippen LogP contribution in [0.5, 0.6) is 0 Å². The van der Waals surface area contributed by atoms with Crippen LogP contribution in [0.1, 0.15) is 0 Å². The maximum atomic E-state index is 5.75. The van der Waals surface area contributed by atoms with Crippen molar-refractivity contribution in [2.45, 2.75) is 8.67 Å². The van der Waals surface area contributed by atoms with Gasteiger partial charge in [0.1, 0.15) is 4.33 Å². The molecule has 0 amide bonds. The molecule has 1 aliphatic rings. The summed E-state index contributed by atoms with van der Waals surface area (Å²) in [6, 6.07) is 0. The van der Waals surface area contributed by atoms with Crippen molar-refractivity contribution < 1.29 is 4.18 Å². The summed E-state index contributed by atoms with van der Waals surface area (Å²) in [6.07, 6.45) is 0. The Kier molecular flexibility index (Phi) is 3.44. The predicted molar refractivity (Wildman–Crippen MR) is 51.5 cm³/mol. The van der Waals surface area contributed by atoms with Gasteiger partial charge < -0.3 is 15.8 Å². The molecule has 0 bridgehead atoms. The molecule has 0 aromatic heterocycles. The van der Waals surface area contributed by atoms with Crippen LogP contribution < -0.4 is 0 Å². The Morgan fingerprint density at radius 1 is 1.27 bits per heavy atom. The molecule has 1 nitrogen and oxygen atoms in total. The SMILES string of the molecule is Cl[C-]1OSCC(Cl)(Cl)C1(Cl)Cl. The molecule has 1 aliphatic heterocycles. The minimum atomic E-state index is -1.55. The second-order valence-corrected chi connectivity index (χ2v) is 5.74. The van der Waals surface area contributed by atoms with Gasteiger partial charge in [0, 0.05) is 0 Å². The van der Waals surface area contributed by atoms with E-state index in [2.05, 4.69) is 0 Å². The van der Waals surface area contributed by atoms with Gasteiger partial charge in [0.05, 0.1) is 10.1 Å². The van der Waals surface area contributed by atoms with Gasteiger partial charge in [-0.1, -0.05) is 5.56 Å².